The molecule has 1 aromatic rings. The number of likely N-dealkylation sites (N-methyl/N-ethyl adjacent to an activating group) is 1. The predicted octanol–water partition coefficient (Wildman–Crippen LogP) is 3.96. The van der Waals surface area contributed by atoms with Crippen molar-refractivity contribution >= 4 is 0 Å². The molecule has 0 saturated heterocycles. The molecule has 1 nitrogen and oxygen atoms in total. The smallest absolute Gasteiger partial charge is 0.123 e. The molecule has 0 aliphatic heterocycles. The van der Waals surface area contributed by atoms with E-state index in [-0.39, 0.29) is 5.82 Å². The maximum atomic E-state index is 12.9. The molecular formula is C15H24FN. The minimum absolute atomic E-state index is 0.154. The van der Waals surface area contributed by atoms with Crippen LogP contribution in [0.15, 0.2) is 24.3 Å². The summed E-state index contributed by atoms with van der Waals surface area (Å²) in [5.74, 6) is 1.11. The number of halogens is 1. The minimum atomic E-state index is -0.154. The lowest BCUT2D eigenvalue weighted by atomic mass is 9.92. The van der Waals surface area contributed by atoms with E-state index in [1.165, 1.54) is 24.8 Å². The van der Waals surface area contributed by atoms with Crippen molar-refractivity contribution in [3.63, 3.8) is 0 Å². The van der Waals surface area contributed by atoms with Gasteiger partial charge < -0.3 is 5.32 Å². The minimum Gasteiger partial charge on any atom is -0.319 e. The molecule has 0 heterocycles. The second-order valence-electron chi connectivity index (χ2n) is 5.13. The Morgan fingerprint density at radius 1 is 1.12 bits per heavy atom. The number of benzene rings is 1. The Morgan fingerprint density at radius 2 is 1.76 bits per heavy atom. The molecule has 96 valence electrons. The Morgan fingerprint density at radius 3 is 2.29 bits per heavy atom. The molecule has 0 aliphatic rings. The van der Waals surface area contributed by atoms with Crippen molar-refractivity contribution in [3.05, 3.63) is 35.6 Å². The van der Waals surface area contributed by atoms with Crippen molar-refractivity contribution in [1.29, 1.82) is 0 Å². The fourth-order valence-electron chi connectivity index (χ4n) is 2.14. The van der Waals surface area contributed by atoms with Crippen molar-refractivity contribution in [1.82, 2.24) is 5.32 Å². The molecule has 0 saturated carbocycles. The fraction of sp³-hybridized carbons (Fsp3) is 0.600. The zero-order valence-corrected chi connectivity index (χ0v) is 11.2. The highest BCUT2D eigenvalue weighted by Gasteiger charge is 2.10. The standard InChI is InChI=1S/C15H24FN/c1-12(2)5-4-6-14(11-17-3)13-7-9-15(16)10-8-13/h7-10,12,14,17H,4-6,11H2,1-3H3. The topological polar surface area (TPSA) is 12.0 Å². The highest BCUT2D eigenvalue weighted by molar-refractivity contribution is 5.20. The molecule has 1 atom stereocenters. The zero-order chi connectivity index (χ0) is 12.7. The molecule has 0 bridgehead atoms. The Balaban J connectivity index is 2.55. The second kappa shape index (κ2) is 7.44. The summed E-state index contributed by atoms with van der Waals surface area (Å²) in [6.07, 6.45) is 3.67. The Kier molecular flexibility index (Phi) is 6.20. The van der Waals surface area contributed by atoms with Crippen LogP contribution in [0, 0.1) is 11.7 Å². The molecule has 0 spiro atoms. The summed E-state index contributed by atoms with van der Waals surface area (Å²) in [6, 6.07) is 6.93. The van der Waals surface area contributed by atoms with E-state index in [1.807, 2.05) is 19.2 Å². The lowest BCUT2D eigenvalue weighted by Crippen LogP contribution is -2.17. The van der Waals surface area contributed by atoms with Crippen molar-refractivity contribution in [2.24, 2.45) is 5.92 Å². The van der Waals surface area contributed by atoms with Crippen LogP contribution in [0.3, 0.4) is 0 Å². The fourth-order valence-corrected chi connectivity index (χ4v) is 2.14. The van der Waals surface area contributed by atoms with Crippen LogP contribution in [0.4, 0.5) is 4.39 Å². The number of nitrogens with one attached hydrogen (secondary N) is 1. The number of hydrogen-bond donors (Lipinski definition) is 1. The third-order valence-electron chi connectivity index (χ3n) is 3.13. The van der Waals surface area contributed by atoms with Crippen molar-refractivity contribution < 1.29 is 4.39 Å². The number of rotatable bonds is 7. The van der Waals surface area contributed by atoms with Crippen molar-refractivity contribution in [2.75, 3.05) is 13.6 Å². The van der Waals surface area contributed by atoms with E-state index >= 15 is 0 Å². The summed E-state index contributed by atoms with van der Waals surface area (Å²) in [4.78, 5) is 0. The van der Waals surface area contributed by atoms with Gasteiger partial charge in [-0.1, -0.05) is 38.8 Å². The highest BCUT2D eigenvalue weighted by atomic mass is 19.1. The van der Waals surface area contributed by atoms with Crippen LogP contribution in [0.25, 0.3) is 0 Å². The summed E-state index contributed by atoms with van der Waals surface area (Å²) in [6.45, 7) is 5.47. The van der Waals surface area contributed by atoms with Gasteiger partial charge in [-0.3, -0.25) is 0 Å². The first-order valence-electron chi connectivity index (χ1n) is 6.53. The highest BCUT2D eigenvalue weighted by Crippen LogP contribution is 2.23. The Labute approximate surface area is 104 Å². The first kappa shape index (κ1) is 14.2. The monoisotopic (exact) mass is 237 g/mol. The van der Waals surface area contributed by atoms with E-state index < -0.39 is 0 Å². The maximum absolute atomic E-state index is 12.9. The largest absolute Gasteiger partial charge is 0.319 e. The van der Waals surface area contributed by atoms with Gasteiger partial charge in [0.05, 0.1) is 0 Å². The lowest BCUT2D eigenvalue weighted by molar-refractivity contribution is 0.489. The van der Waals surface area contributed by atoms with Crippen LogP contribution >= 0.6 is 0 Å². The van der Waals surface area contributed by atoms with E-state index in [2.05, 4.69) is 19.2 Å². The summed E-state index contributed by atoms with van der Waals surface area (Å²) in [7, 11) is 1.97. The summed E-state index contributed by atoms with van der Waals surface area (Å²) < 4.78 is 12.9. The van der Waals surface area contributed by atoms with Gasteiger partial charge in [-0.05, 0) is 43.0 Å². The second-order valence-corrected chi connectivity index (χ2v) is 5.13. The molecule has 0 aromatic heterocycles. The third-order valence-corrected chi connectivity index (χ3v) is 3.13. The molecule has 0 aliphatic carbocycles. The van der Waals surface area contributed by atoms with Crippen LogP contribution < -0.4 is 5.32 Å². The first-order valence-corrected chi connectivity index (χ1v) is 6.53. The molecule has 0 fully saturated rings. The molecule has 0 amide bonds. The van der Waals surface area contributed by atoms with Gasteiger partial charge in [0.2, 0.25) is 0 Å². The van der Waals surface area contributed by atoms with Crippen molar-refractivity contribution in [2.45, 2.75) is 39.0 Å². The molecule has 2 heteroatoms. The van der Waals surface area contributed by atoms with Gasteiger partial charge in [-0.15, -0.1) is 0 Å². The SMILES string of the molecule is CNCC(CCCC(C)C)c1ccc(F)cc1. The van der Waals surface area contributed by atoms with Crippen LogP contribution in [-0.4, -0.2) is 13.6 Å². The number of hydrogen-bond acceptors (Lipinski definition) is 1. The Bertz CT molecular complexity index is 305. The molecule has 17 heavy (non-hydrogen) atoms. The molecule has 1 N–H and O–H groups in total. The van der Waals surface area contributed by atoms with Crippen LogP contribution in [-0.2, 0) is 0 Å². The van der Waals surface area contributed by atoms with E-state index in [1.54, 1.807) is 12.1 Å². The summed E-state index contributed by atoms with van der Waals surface area (Å²) in [5, 5.41) is 3.23. The lowest BCUT2D eigenvalue weighted by Gasteiger charge is -2.17. The van der Waals surface area contributed by atoms with Gasteiger partial charge in [-0.2, -0.15) is 0 Å². The van der Waals surface area contributed by atoms with Crippen molar-refractivity contribution in [3.8, 4) is 0 Å². The van der Waals surface area contributed by atoms with E-state index in [9.17, 15) is 4.39 Å². The van der Waals surface area contributed by atoms with Gasteiger partial charge in [0, 0.05) is 6.54 Å². The average molecular weight is 237 g/mol. The van der Waals surface area contributed by atoms with Crippen LogP contribution in [0.5, 0.6) is 0 Å². The molecule has 1 rings (SSSR count). The van der Waals surface area contributed by atoms with E-state index in [0.717, 1.165) is 12.5 Å². The summed E-state index contributed by atoms with van der Waals surface area (Å²) >= 11 is 0. The molecular weight excluding hydrogens is 213 g/mol. The van der Waals surface area contributed by atoms with Gasteiger partial charge in [0.25, 0.3) is 0 Å². The van der Waals surface area contributed by atoms with Gasteiger partial charge in [0.15, 0.2) is 0 Å². The van der Waals surface area contributed by atoms with Crippen LogP contribution in [0.1, 0.15) is 44.6 Å². The maximum Gasteiger partial charge on any atom is 0.123 e. The Hall–Kier alpha value is -0.890. The normalized spacial score (nSPS) is 13.0. The summed E-state index contributed by atoms with van der Waals surface area (Å²) in [5.41, 5.74) is 1.24. The predicted molar refractivity (Wildman–Crippen MR) is 71.8 cm³/mol. The van der Waals surface area contributed by atoms with E-state index in [4.69, 9.17) is 0 Å². The average Bonchev–Trinajstić information content (AvgIpc) is 2.29. The van der Waals surface area contributed by atoms with Gasteiger partial charge >= 0.3 is 0 Å². The molecule has 1 aromatic carbocycles. The molecule has 1 unspecified atom stereocenters. The van der Waals surface area contributed by atoms with Gasteiger partial charge in [0.1, 0.15) is 5.82 Å². The van der Waals surface area contributed by atoms with Crippen LogP contribution in [0.2, 0.25) is 0 Å². The van der Waals surface area contributed by atoms with E-state index in [0.29, 0.717) is 5.92 Å². The quantitative estimate of drug-likeness (QED) is 0.757. The first-order chi connectivity index (χ1) is 8.13. The van der Waals surface area contributed by atoms with Gasteiger partial charge in [-0.25, -0.2) is 4.39 Å². The zero-order valence-electron chi connectivity index (χ0n) is 11.2. The molecule has 0 radical (unpaired) electrons. The third kappa shape index (κ3) is 5.31.